The van der Waals surface area contributed by atoms with E-state index in [-0.39, 0.29) is 20.4 Å². The van der Waals surface area contributed by atoms with Crippen LogP contribution in [0.15, 0.2) is 428 Å². The van der Waals surface area contributed by atoms with E-state index in [1.165, 1.54) is 155 Å². The molecule has 16 aromatic rings. The summed E-state index contributed by atoms with van der Waals surface area (Å²) in [6.45, 7) is 14.6. The molecule has 0 fully saturated rings. The number of terminal acetylenes is 1. The van der Waals surface area contributed by atoms with Crippen molar-refractivity contribution >= 4 is 174 Å². The minimum absolute atomic E-state index is 0. The van der Waals surface area contributed by atoms with Crippen molar-refractivity contribution in [2.24, 2.45) is 0 Å². The standard InChI is InChI=1S/4C18H15P.C16H18S.C8H5BrS.C8H14.C6H15N.Cu.HI.Pd/c4*1-4-10-16(11-5-1)19(17-12-6-2-7-13-17)18-14-8-3-9-15-18;1-2-3-4-5-6-7-8-14-9-10-16-15(13-14)11-12-17-16;9-7-1-2-8-6(5-7)3-4-10-8;1-3-5-7-8-6-4-2;1-4-7(5-2)6-3;;;/h4*1-15H;9-13H,2-6H2,1H3;1-5H;1H,4-8H2,2H3;4-6H2,1-3H3;;1H;/q;;;;;;;;+1;;/p-1. The van der Waals surface area contributed by atoms with Crippen LogP contribution in [0.25, 0.3) is 20.2 Å². The first-order valence-corrected chi connectivity index (χ1v) is 52.5. The van der Waals surface area contributed by atoms with Crippen LogP contribution in [0.4, 0.5) is 0 Å². The Balaban J connectivity index is 0.000000193. The molecule has 11 heteroatoms. The summed E-state index contributed by atoms with van der Waals surface area (Å²) >= 11 is 12.9. The summed E-state index contributed by atoms with van der Waals surface area (Å²) in [5.74, 6) is 9.16. The van der Waals surface area contributed by atoms with E-state index in [0.29, 0.717) is 0 Å². The van der Waals surface area contributed by atoms with Gasteiger partial charge in [0.15, 0.2) is 0 Å². The monoisotopic (exact) mass is 2010 g/mol. The Morgan fingerprint density at radius 1 is 0.298 bits per heavy atom. The van der Waals surface area contributed by atoms with Crippen LogP contribution in [-0.4, -0.2) is 24.5 Å². The van der Waals surface area contributed by atoms with Crippen molar-refractivity contribution < 1.29 is 33.2 Å². The molecule has 0 unspecified atom stereocenters. The third-order valence-electron chi connectivity index (χ3n) is 18.9. The van der Waals surface area contributed by atoms with Gasteiger partial charge in [-0.05, 0) is 198 Å². The van der Waals surface area contributed by atoms with Crippen LogP contribution < -0.4 is 63.7 Å². The molecule has 0 aliphatic rings. The Morgan fingerprint density at radius 2 is 0.529 bits per heavy atom. The smallest absolute Gasteiger partial charge is 0 e. The van der Waals surface area contributed by atoms with Crippen LogP contribution in [-0.2, 0) is 33.2 Å². The van der Waals surface area contributed by atoms with Crippen LogP contribution in [0.3, 0.4) is 0 Å². The van der Waals surface area contributed by atoms with Crippen molar-refractivity contribution in [2.75, 3.05) is 19.6 Å². The summed E-state index contributed by atoms with van der Waals surface area (Å²) < 4.78 is 3.85. The fourth-order valence-corrected chi connectivity index (χ4v) is 24.0. The van der Waals surface area contributed by atoms with E-state index in [0.717, 1.165) is 22.9 Å². The van der Waals surface area contributed by atoms with E-state index >= 15 is 0 Å². The molecule has 0 amide bonds. The van der Waals surface area contributed by atoms with Gasteiger partial charge in [0.05, 0.1) is 0 Å². The molecule has 2 aromatic heterocycles. The van der Waals surface area contributed by atoms with Gasteiger partial charge in [-0.1, -0.05) is 465 Å². The van der Waals surface area contributed by atoms with Gasteiger partial charge in [0, 0.05) is 52.7 Å². The number of nitrogens with zero attached hydrogens (tertiary/aromatic N) is 1. The Morgan fingerprint density at radius 3 is 0.752 bits per heavy atom. The van der Waals surface area contributed by atoms with Gasteiger partial charge < -0.3 is 4.90 Å². The second-order valence-corrected chi connectivity index (χ2v) is 39.1. The Labute approximate surface area is 780 Å². The quantitative estimate of drug-likeness (QED) is 0.0203. The zero-order valence-electron chi connectivity index (χ0n) is 70.1. The van der Waals surface area contributed by atoms with Crippen molar-refractivity contribution in [1.82, 2.24) is 4.90 Å². The zero-order valence-corrected chi connectivity index (χ0v) is 81.6. The van der Waals surface area contributed by atoms with Crippen molar-refractivity contribution in [3.8, 4) is 24.2 Å². The summed E-state index contributed by atoms with van der Waals surface area (Å²) in [7, 11) is -1.78. The van der Waals surface area contributed by atoms with E-state index in [1.54, 1.807) is 43.0 Å². The summed E-state index contributed by atoms with van der Waals surface area (Å²) in [6.07, 6.45) is 17.4. The average Bonchev–Trinajstić information content (AvgIpc) is 1.62. The van der Waals surface area contributed by atoms with Crippen molar-refractivity contribution in [1.29, 1.82) is 0 Å². The number of fused-ring (bicyclic) bond motifs is 2. The van der Waals surface area contributed by atoms with Crippen molar-refractivity contribution in [3.05, 3.63) is 433 Å². The number of unbranched alkanes of at least 4 members (excludes halogenated alkanes) is 8. The molecule has 0 bridgehead atoms. The molecule has 624 valence electrons. The average molecular weight is 2010 g/mol. The number of halogens is 2. The maximum absolute atomic E-state index is 5.06. The van der Waals surface area contributed by atoms with E-state index in [9.17, 15) is 0 Å². The number of rotatable bonds is 23. The summed E-state index contributed by atoms with van der Waals surface area (Å²) in [4.78, 5) is 2.38. The van der Waals surface area contributed by atoms with Crippen LogP contribution in [0, 0.1) is 24.2 Å². The number of hydrogen-bond donors (Lipinski definition) is 0. The molecule has 0 saturated heterocycles. The van der Waals surface area contributed by atoms with Crippen LogP contribution >= 0.6 is 90.6 Å². The third kappa shape index (κ3) is 36.5. The predicted molar refractivity (Wildman–Crippen MR) is 553 cm³/mol. The molecule has 0 aliphatic carbocycles. The molecule has 0 spiro atoms. The van der Waals surface area contributed by atoms with E-state index in [2.05, 4.69) is 509 Å². The second kappa shape index (κ2) is 62.3. The number of thiophene rings is 2. The molecule has 0 radical (unpaired) electrons. The fourth-order valence-electron chi connectivity index (χ4n) is 12.8. The predicted octanol–water partition coefficient (Wildman–Crippen LogP) is 27.5. The molecular weight excluding hydrogens is 1900 g/mol. The Hall–Kier alpha value is -7.81. The molecule has 0 saturated carbocycles. The minimum atomic E-state index is -0.446. The summed E-state index contributed by atoms with van der Waals surface area (Å²) in [5, 5.41) is 23.6. The first kappa shape index (κ1) is 100. The van der Waals surface area contributed by atoms with E-state index in [1.807, 2.05) is 0 Å². The molecule has 0 N–H and O–H groups in total. The summed E-state index contributed by atoms with van der Waals surface area (Å²) in [6, 6.07) is 146. The molecular formula is C110H112BrCuINP4PdS2. The number of benzene rings is 14. The van der Waals surface area contributed by atoms with Gasteiger partial charge in [-0.2, -0.15) is 0 Å². The van der Waals surface area contributed by atoms with Gasteiger partial charge in [-0.15, -0.1) is 35.0 Å². The maximum atomic E-state index is 5.06. The first-order valence-electron chi connectivity index (χ1n) is 41.5. The first-order chi connectivity index (χ1) is 59.3. The van der Waals surface area contributed by atoms with E-state index < -0.39 is 31.7 Å². The Bertz CT molecular complexity index is 4510. The van der Waals surface area contributed by atoms with Crippen LogP contribution in [0.5, 0.6) is 0 Å². The summed E-state index contributed by atoms with van der Waals surface area (Å²) in [5.41, 5.74) is 1.14. The third-order valence-corrected chi connectivity index (χ3v) is 31.0. The van der Waals surface area contributed by atoms with Crippen LogP contribution in [0.1, 0.15) is 104 Å². The molecule has 0 atom stereocenters. The normalized spacial score (nSPS) is 10.2. The molecule has 2 heterocycles. The fraction of sp³-hybridized carbons (Fsp3) is 0.164. The molecule has 121 heavy (non-hydrogen) atoms. The van der Waals surface area contributed by atoms with Crippen molar-refractivity contribution in [2.45, 2.75) is 98.8 Å². The SMILES string of the molecule is Brc1ccc2sccc2c1.C#CCCCCCC.CCCCCCC#Cc1ccc2sccc2c1.CCN(CC)CC.[Cu][I].[Pd].c1ccc(P(c2ccccc2)c2ccccc2)cc1.c1ccc(P(c2ccccc2)c2ccccc2)cc1.c1ccc(P(c2ccccc2)c2ccccc2)cc1.c1ccc(P(c2ccccc2)c2ccccc2)cc1. The van der Waals surface area contributed by atoms with Gasteiger partial charge in [0.1, 0.15) is 0 Å². The van der Waals surface area contributed by atoms with Crippen molar-refractivity contribution in [3.63, 3.8) is 0 Å². The topological polar surface area (TPSA) is 3.24 Å². The minimum Gasteiger partial charge on any atom is -0.0622 e. The number of hydrogen-bond acceptors (Lipinski definition) is 3. The van der Waals surface area contributed by atoms with Gasteiger partial charge in [-0.25, -0.2) is 0 Å². The largest absolute Gasteiger partial charge is 0.0622 e. The zero-order chi connectivity index (χ0) is 84.5. The van der Waals surface area contributed by atoms with Crippen LogP contribution in [0.2, 0.25) is 0 Å². The molecule has 14 aromatic carbocycles. The van der Waals surface area contributed by atoms with Gasteiger partial charge in [-0.3, -0.25) is 0 Å². The van der Waals surface area contributed by atoms with Gasteiger partial charge in [0.25, 0.3) is 0 Å². The maximum Gasteiger partial charge on any atom is 0 e. The molecule has 0 aliphatic heterocycles. The second-order valence-electron chi connectivity index (χ2n) is 27.4. The Kier molecular flexibility index (Phi) is 51.7. The van der Waals surface area contributed by atoms with E-state index in [4.69, 9.17) is 6.42 Å². The molecule has 16 rings (SSSR count). The van der Waals surface area contributed by atoms with Gasteiger partial charge in [0.2, 0.25) is 0 Å². The van der Waals surface area contributed by atoms with Gasteiger partial charge >= 0.3 is 33.1 Å². The molecule has 1 nitrogen and oxygen atoms in total.